The molecule has 0 aromatic heterocycles. The molecule has 1 aromatic carbocycles. The number of rotatable bonds is 4. The molecule has 0 heterocycles. The second-order valence-corrected chi connectivity index (χ2v) is 2.97. The van der Waals surface area contributed by atoms with Gasteiger partial charge in [-0.1, -0.05) is 0 Å². The highest BCUT2D eigenvalue weighted by Crippen LogP contribution is 2.38. The summed E-state index contributed by atoms with van der Waals surface area (Å²) in [6.45, 7) is 1.27. The van der Waals surface area contributed by atoms with Crippen molar-refractivity contribution in [1.29, 1.82) is 0 Å². The summed E-state index contributed by atoms with van der Waals surface area (Å²) in [6, 6.07) is 2.93. The summed E-state index contributed by atoms with van der Waals surface area (Å²) in [5, 5.41) is 0. The highest BCUT2D eigenvalue weighted by Gasteiger charge is 2.15. The zero-order valence-corrected chi connectivity index (χ0v) is 9.27. The van der Waals surface area contributed by atoms with Gasteiger partial charge in [-0.25, -0.2) is 0 Å². The predicted molar refractivity (Wildman–Crippen MR) is 56.2 cm³/mol. The zero-order valence-electron chi connectivity index (χ0n) is 9.27. The molecule has 0 radical (unpaired) electrons. The van der Waals surface area contributed by atoms with Gasteiger partial charge in [0.25, 0.3) is 0 Å². The van der Waals surface area contributed by atoms with Crippen molar-refractivity contribution in [3.8, 4) is 17.2 Å². The lowest BCUT2D eigenvalue weighted by molar-refractivity contribution is -0.132. The average Bonchev–Trinajstić information content (AvgIpc) is 2.28. The normalized spacial score (nSPS) is 9.44. The summed E-state index contributed by atoms with van der Waals surface area (Å²) >= 11 is 0. The number of hydrogen-bond donors (Lipinski definition) is 0. The molecule has 5 nitrogen and oxygen atoms in total. The summed E-state index contributed by atoms with van der Waals surface area (Å²) < 4.78 is 15.0. The Morgan fingerprint density at radius 3 is 2.00 bits per heavy atom. The minimum absolute atomic E-state index is 0.170. The van der Waals surface area contributed by atoms with Gasteiger partial charge in [-0.15, -0.1) is 0 Å². The van der Waals surface area contributed by atoms with Gasteiger partial charge >= 0.3 is 5.97 Å². The lowest BCUT2D eigenvalue weighted by Gasteiger charge is -2.12. The van der Waals surface area contributed by atoms with Crippen LogP contribution in [0.2, 0.25) is 0 Å². The summed E-state index contributed by atoms with van der Waals surface area (Å²) in [5.41, 5.74) is 0.379. The smallest absolute Gasteiger partial charge is 0.308 e. The monoisotopic (exact) mass is 224 g/mol. The van der Waals surface area contributed by atoms with Gasteiger partial charge in [0.15, 0.2) is 11.5 Å². The maximum absolute atomic E-state index is 10.9. The van der Waals surface area contributed by atoms with Crippen LogP contribution in [0.4, 0.5) is 0 Å². The van der Waals surface area contributed by atoms with Crippen molar-refractivity contribution in [3.05, 3.63) is 17.7 Å². The molecule has 16 heavy (non-hydrogen) atoms. The van der Waals surface area contributed by atoms with Crippen molar-refractivity contribution < 1.29 is 23.8 Å². The van der Waals surface area contributed by atoms with E-state index < -0.39 is 5.97 Å². The van der Waals surface area contributed by atoms with Gasteiger partial charge in [-0.2, -0.15) is 0 Å². The van der Waals surface area contributed by atoms with Crippen LogP contribution < -0.4 is 14.2 Å². The van der Waals surface area contributed by atoms with E-state index in [0.717, 1.165) is 0 Å². The van der Waals surface area contributed by atoms with Gasteiger partial charge in [-0.05, 0) is 12.1 Å². The van der Waals surface area contributed by atoms with Crippen LogP contribution in [0.15, 0.2) is 12.1 Å². The first-order chi connectivity index (χ1) is 7.62. The van der Waals surface area contributed by atoms with Crippen LogP contribution >= 0.6 is 0 Å². The SMILES string of the molecule is COc1cc(C=O)cc(OC)c1OC(C)=O. The largest absolute Gasteiger partial charge is 0.493 e. The van der Waals surface area contributed by atoms with Crippen LogP contribution in [0.1, 0.15) is 17.3 Å². The van der Waals surface area contributed by atoms with Crippen molar-refractivity contribution >= 4 is 12.3 Å². The number of carbonyl (C=O) groups excluding carboxylic acids is 2. The predicted octanol–water partition coefficient (Wildman–Crippen LogP) is 1.44. The molecular formula is C11H12O5. The van der Waals surface area contributed by atoms with E-state index >= 15 is 0 Å². The van der Waals surface area contributed by atoms with Crippen molar-refractivity contribution in [2.24, 2.45) is 0 Å². The molecule has 0 atom stereocenters. The molecule has 0 aliphatic heterocycles. The van der Waals surface area contributed by atoms with Crippen LogP contribution in [0.5, 0.6) is 17.2 Å². The fraction of sp³-hybridized carbons (Fsp3) is 0.273. The standard InChI is InChI=1S/C11H12O5/c1-7(13)16-11-9(14-2)4-8(6-12)5-10(11)15-3/h4-6H,1-3H3. The molecule has 1 rings (SSSR count). The molecule has 5 heteroatoms. The maximum Gasteiger partial charge on any atom is 0.308 e. The fourth-order valence-electron chi connectivity index (χ4n) is 1.21. The van der Waals surface area contributed by atoms with E-state index in [2.05, 4.69) is 0 Å². The summed E-state index contributed by atoms with van der Waals surface area (Å²) in [7, 11) is 2.83. The minimum Gasteiger partial charge on any atom is -0.493 e. The number of carbonyl (C=O) groups is 2. The first-order valence-electron chi connectivity index (χ1n) is 4.52. The third-order valence-electron chi connectivity index (χ3n) is 1.86. The molecule has 0 N–H and O–H groups in total. The number of aldehydes is 1. The van der Waals surface area contributed by atoms with Crippen molar-refractivity contribution in [1.82, 2.24) is 0 Å². The highest BCUT2D eigenvalue weighted by atomic mass is 16.6. The van der Waals surface area contributed by atoms with Gasteiger partial charge in [0.05, 0.1) is 14.2 Å². The van der Waals surface area contributed by atoms with E-state index in [1.54, 1.807) is 0 Å². The molecule has 0 saturated heterocycles. The Kier molecular flexibility index (Phi) is 3.88. The molecule has 0 aliphatic carbocycles. The van der Waals surface area contributed by atoms with Crippen LogP contribution in [-0.2, 0) is 4.79 Å². The molecule has 0 unspecified atom stereocenters. The van der Waals surface area contributed by atoms with Gasteiger partial charge in [0, 0.05) is 12.5 Å². The van der Waals surface area contributed by atoms with Crippen LogP contribution in [0.25, 0.3) is 0 Å². The van der Waals surface area contributed by atoms with Crippen LogP contribution in [0, 0.1) is 0 Å². The molecule has 0 fully saturated rings. The number of benzene rings is 1. The Bertz CT molecular complexity index is 386. The third kappa shape index (κ3) is 2.50. The molecule has 0 amide bonds. The van der Waals surface area contributed by atoms with Crippen LogP contribution in [-0.4, -0.2) is 26.5 Å². The topological polar surface area (TPSA) is 61.8 Å². The lowest BCUT2D eigenvalue weighted by atomic mass is 10.2. The van der Waals surface area contributed by atoms with E-state index in [9.17, 15) is 9.59 Å². The Balaban J connectivity index is 3.30. The summed E-state index contributed by atoms with van der Waals surface area (Å²) in [5.74, 6) is 0.229. The lowest BCUT2D eigenvalue weighted by Crippen LogP contribution is -2.05. The number of ether oxygens (including phenoxy) is 3. The van der Waals surface area contributed by atoms with Crippen molar-refractivity contribution in [2.45, 2.75) is 6.92 Å². The van der Waals surface area contributed by atoms with Crippen LogP contribution in [0.3, 0.4) is 0 Å². The Labute approximate surface area is 92.9 Å². The summed E-state index contributed by atoms with van der Waals surface area (Å²) in [6.07, 6.45) is 0.655. The molecule has 1 aromatic rings. The second kappa shape index (κ2) is 5.16. The van der Waals surface area contributed by atoms with E-state index in [0.29, 0.717) is 11.8 Å². The molecule has 0 spiro atoms. The van der Waals surface area contributed by atoms with E-state index in [4.69, 9.17) is 14.2 Å². The van der Waals surface area contributed by atoms with Gasteiger partial charge in [0.1, 0.15) is 6.29 Å². The first-order valence-corrected chi connectivity index (χ1v) is 4.52. The molecular weight excluding hydrogens is 212 g/mol. The highest BCUT2D eigenvalue weighted by molar-refractivity contribution is 5.80. The molecule has 0 saturated carbocycles. The quantitative estimate of drug-likeness (QED) is 0.440. The Morgan fingerprint density at radius 1 is 1.19 bits per heavy atom. The minimum atomic E-state index is -0.490. The van der Waals surface area contributed by atoms with E-state index in [-0.39, 0.29) is 17.2 Å². The van der Waals surface area contributed by atoms with Crippen molar-refractivity contribution in [3.63, 3.8) is 0 Å². The van der Waals surface area contributed by atoms with E-state index in [1.165, 1.54) is 33.3 Å². The van der Waals surface area contributed by atoms with Gasteiger partial charge < -0.3 is 14.2 Å². The average molecular weight is 224 g/mol. The number of hydrogen-bond acceptors (Lipinski definition) is 5. The fourth-order valence-corrected chi connectivity index (χ4v) is 1.21. The van der Waals surface area contributed by atoms with E-state index in [1.807, 2.05) is 0 Å². The van der Waals surface area contributed by atoms with Gasteiger partial charge in [-0.3, -0.25) is 9.59 Å². The summed E-state index contributed by atoms with van der Waals surface area (Å²) in [4.78, 5) is 21.6. The number of methoxy groups -OCH3 is 2. The first kappa shape index (κ1) is 12.0. The Morgan fingerprint density at radius 2 is 1.69 bits per heavy atom. The zero-order chi connectivity index (χ0) is 12.1. The number of esters is 1. The van der Waals surface area contributed by atoms with Crippen molar-refractivity contribution in [2.75, 3.05) is 14.2 Å². The molecule has 86 valence electrons. The van der Waals surface area contributed by atoms with Gasteiger partial charge in [0.2, 0.25) is 5.75 Å². The maximum atomic E-state index is 10.9. The molecule has 0 aliphatic rings. The third-order valence-corrected chi connectivity index (χ3v) is 1.86. The Hall–Kier alpha value is -2.04. The molecule has 0 bridgehead atoms. The second-order valence-electron chi connectivity index (χ2n) is 2.97.